The fraction of sp³-hybridized carbons (Fsp3) is 0.235. The lowest BCUT2D eigenvalue weighted by atomic mass is 10.2. The van der Waals surface area contributed by atoms with Gasteiger partial charge in [0, 0.05) is 0 Å². The number of unbranched alkanes of at least 4 members (excludes halogenated alkanes) is 1. The minimum atomic E-state index is -0.269. The summed E-state index contributed by atoms with van der Waals surface area (Å²) in [5, 5.41) is 0. The van der Waals surface area contributed by atoms with Crippen molar-refractivity contribution in [2.75, 3.05) is 13.2 Å². The smallest absolute Gasteiger partial charge is 0.338 e. The van der Waals surface area contributed by atoms with Crippen LogP contribution in [-0.2, 0) is 4.74 Å². The maximum Gasteiger partial charge on any atom is 0.338 e. The molecule has 2 aromatic carbocycles. The number of benzene rings is 2. The van der Waals surface area contributed by atoms with Crippen LogP contribution >= 0.6 is 0 Å². The van der Waals surface area contributed by atoms with Gasteiger partial charge < -0.3 is 9.47 Å². The summed E-state index contributed by atoms with van der Waals surface area (Å²) in [4.78, 5) is 11.6. The third kappa shape index (κ3) is 4.76. The Bertz CT molecular complexity index is 508. The third-order valence-corrected chi connectivity index (χ3v) is 2.79. The highest BCUT2D eigenvalue weighted by molar-refractivity contribution is 5.89. The van der Waals surface area contributed by atoms with Crippen LogP contribution in [0.15, 0.2) is 60.7 Å². The summed E-state index contributed by atoms with van der Waals surface area (Å²) in [5.74, 6) is 0.600. The Balaban J connectivity index is 1.57. The van der Waals surface area contributed by atoms with E-state index in [0.29, 0.717) is 18.8 Å². The Labute approximate surface area is 119 Å². The molecule has 0 radical (unpaired) electrons. The summed E-state index contributed by atoms with van der Waals surface area (Å²) in [6.07, 6.45) is 1.66. The van der Waals surface area contributed by atoms with E-state index in [0.717, 1.165) is 18.6 Å². The van der Waals surface area contributed by atoms with E-state index in [2.05, 4.69) is 0 Å². The van der Waals surface area contributed by atoms with E-state index in [1.54, 1.807) is 12.1 Å². The van der Waals surface area contributed by atoms with E-state index < -0.39 is 0 Å². The van der Waals surface area contributed by atoms with Gasteiger partial charge in [-0.3, -0.25) is 0 Å². The van der Waals surface area contributed by atoms with Crippen LogP contribution in [0.4, 0.5) is 0 Å². The largest absolute Gasteiger partial charge is 0.494 e. The molecule has 2 rings (SSSR count). The molecule has 0 aliphatic carbocycles. The first kappa shape index (κ1) is 14.1. The highest BCUT2D eigenvalue weighted by Crippen LogP contribution is 2.09. The molecule has 0 aromatic heterocycles. The van der Waals surface area contributed by atoms with Crippen molar-refractivity contribution in [3.05, 3.63) is 66.2 Å². The third-order valence-electron chi connectivity index (χ3n) is 2.79. The number of hydrogen-bond acceptors (Lipinski definition) is 3. The summed E-state index contributed by atoms with van der Waals surface area (Å²) >= 11 is 0. The number of para-hydroxylation sites is 1. The van der Waals surface area contributed by atoms with Crippen molar-refractivity contribution in [2.45, 2.75) is 12.8 Å². The molecule has 104 valence electrons. The van der Waals surface area contributed by atoms with Gasteiger partial charge in [0.1, 0.15) is 5.75 Å². The summed E-state index contributed by atoms with van der Waals surface area (Å²) in [6.45, 7) is 1.05. The van der Waals surface area contributed by atoms with Crippen molar-refractivity contribution in [2.24, 2.45) is 0 Å². The van der Waals surface area contributed by atoms with Crippen molar-refractivity contribution in [3.63, 3.8) is 0 Å². The van der Waals surface area contributed by atoms with Crippen molar-refractivity contribution < 1.29 is 14.3 Å². The van der Waals surface area contributed by atoms with E-state index in [4.69, 9.17) is 9.47 Å². The number of rotatable bonds is 7. The number of carbonyl (C=O) groups excluding carboxylic acids is 1. The second kappa shape index (κ2) is 8.00. The Morgan fingerprint density at radius 1 is 0.800 bits per heavy atom. The van der Waals surface area contributed by atoms with Gasteiger partial charge in [-0.1, -0.05) is 36.4 Å². The molecule has 0 aliphatic heterocycles. The molecule has 3 heteroatoms. The molecule has 3 nitrogen and oxygen atoms in total. The van der Waals surface area contributed by atoms with Gasteiger partial charge in [0.25, 0.3) is 0 Å². The van der Waals surface area contributed by atoms with E-state index >= 15 is 0 Å². The van der Waals surface area contributed by atoms with Crippen molar-refractivity contribution in [3.8, 4) is 5.75 Å². The molecule has 0 saturated carbocycles. The first-order chi connectivity index (χ1) is 9.86. The van der Waals surface area contributed by atoms with Crippen LogP contribution in [0.5, 0.6) is 5.75 Å². The van der Waals surface area contributed by atoms with Gasteiger partial charge in [0.05, 0.1) is 18.8 Å². The van der Waals surface area contributed by atoms with E-state index in [1.165, 1.54) is 0 Å². The fourth-order valence-corrected chi connectivity index (χ4v) is 1.73. The summed E-state index contributed by atoms with van der Waals surface area (Å²) in [7, 11) is 0. The lowest BCUT2D eigenvalue weighted by Crippen LogP contribution is -2.07. The van der Waals surface area contributed by atoms with Crippen LogP contribution < -0.4 is 4.74 Å². The van der Waals surface area contributed by atoms with Gasteiger partial charge >= 0.3 is 5.97 Å². The van der Waals surface area contributed by atoms with Crippen LogP contribution in [0.3, 0.4) is 0 Å². The van der Waals surface area contributed by atoms with Crippen molar-refractivity contribution in [1.29, 1.82) is 0 Å². The van der Waals surface area contributed by atoms with Crippen LogP contribution in [-0.4, -0.2) is 19.2 Å². The second-order valence-corrected chi connectivity index (χ2v) is 4.37. The molecule has 2 aromatic rings. The predicted molar refractivity (Wildman–Crippen MR) is 77.9 cm³/mol. The van der Waals surface area contributed by atoms with Gasteiger partial charge in [-0.25, -0.2) is 4.79 Å². The Morgan fingerprint density at radius 3 is 2.10 bits per heavy atom. The molecule has 0 saturated heterocycles. The maximum absolute atomic E-state index is 11.6. The van der Waals surface area contributed by atoms with Crippen molar-refractivity contribution in [1.82, 2.24) is 0 Å². The molecule has 0 heterocycles. The Kier molecular flexibility index (Phi) is 5.65. The summed E-state index contributed by atoms with van der Waals surface area (Å²) in [6, 6.07) is 18.7. The maximum atomic E-state index is 11.6. The zero-order valence-corrected chi connectivity index (χ0v) is 11.3. The topological polar surface area (TPSA) is 35.5 Å². The standard InChI is InChI=1S/C17H18O3/c18-17(15-9-3-1-4-10-15)20-14-8-7-13-19-16-11-5-2-6-12-16/h1-6,9-12H,7-8,13-14H2. The molecule has 0 atom stereocenters. The quantitative estimate of drug-likeness (QED) is 0.568. The van der Waals surface area contributed by atoms with Gasteiger partial charge in [0.2, 0.25) is 0 Å². The van der Waals surface area contributed by atoms with Crippen molar-refractivity contribution >= 4 is 5.97 Å². The minimum absolute atomic E-state index is 0.269. The van der Waals surface area contributed by atoms with Gasteiger partial charge in [0.15, 0.2) is 0 Å². The van der Waals surface area contributed by atoms with E-state index in [1.807, 2.05) is 48.5 Å². The zero-order chi connectivity index (χ0) is 14.0. The van der Waals surface area contributed by atoms with E-state index in [-0.39, 0.29) is 5.97 Å². The predicted octanol–water partition coefficient (Wildman–Crippen LogP) is 3.70. The number of esters is 1. The van der Waals surface area contributed by atoms with Gasteiger partial charge in [-0.05, 0) is 37.1 Å². The molecule has 0 bridgehead atoms. The van der Waals surface area contributed by atoms with Crippen LogP contribution in [0.2, 0.25) is 0 Å². The zero-order valence-electron chi connectivity index (χ0n) is 11.3. The number of hydrogen-bond donors (Lipinski definition) is 0. The monoisotopic (exact) mass is 270 g/mol. The van der Waals surface area contributed by atoms with Crippen LogP contribution in [0.25, 0.3) is 0 Å². The summed E-state index contributed by atoms with van der Waals surface area (Å²) < 4.78 is 10.7. The molecule has 0 N–H and O–H groups in total. The average Bonchev–Trinajstić information content (AvgIpc) is 2.52. The van der Waals surface area contributed by atoms with Crippen LogP contribution in [0.1, 0.15) is 23.2 Å². The first-order valence-electron chi connectivity index (χ1n) is 6.76. The highest BCUT2D eigenvalue weighted by Gasteiger charge is 2.04. The molecule has 20 heavy (non-hydrogen) atoms. The summed E-state index contributed by atoms with van der Waals surface area (Å²) in [5.41, 5.74) is 0.591. The van der Waals surface area contributed by atoms with E-state index in [9.17, 15) is 4.79 Å². The highest BCUT2D eigenvalue weighted by atomic mass is 16.5. The number of carbonyl (C=O) groups is 1. The molecule has 0 fully saturated rings. The fourth-order valence-electron chi connectivity index (χ4n) is 1.73. The molecule has 0 unspecified atom stereocenters. The molecular formula is C17H18O3. The molecular weight excluding hydrogens is 252 g/mol. The molecule has 0 spiro atoms. The van der Waals surface area contributed by atoms with Crippen LogP contribution in [0, 0.1) is 0 Å². The van der Waals surface area contributed by atoms with Gasteiger partial charge in [-0.15, -0.1) is 0 Å². The first-order valence-corrected chi connectivity index (χ1v) is 6.76. The Hall–Kier alpha value is -2.29. The lowest BCUT2D eigenvalue weighted by Gasteiger charge is -2.06. The molecule has 0 amide bonds. The van der Waals surface area contributed by atoms with Gasteiger partial charge in [-0.2, -0.15) is 0 Å². The SMILES string of the molecule is O=C(OCCCCOc1ccccc1)c1ccccc1. The normalized spacial score (nSPS) is 10.0. The Morgan fingerprint density at radius 2 is 1.40 bits per heavy atom. The minimum Gasteiger partial charge on any atom is -0.494 e. The lowest BCUT2D eigenvalue weighted by molar-refractivity contribution is 0.0494. The molecule has 0 aliphatic rings. The average molecular weight is 270 g/mol. The second-order valence-electron chi connectivity index (χ2n) is 4.37. The number of ether oxygens (including phenoxy) is 2.